The number of carboxylic acids is 1. The Labute approximate surface area is 102 Å². The van der Waals surface area contributed by atoms with Gasteiger partial charge in [-0.3, -0.25) is 4.79 Å². The Balaban J connectivity index is 2.26. The normalized spacial score (nSPS) is 32.5. The van der Waals surface area contributed by atoms with Crippen LogP contribution < -0.4 is 0 Å². The minimum absolute atomic E-state index is 0.159. The lowest BCUT2D eigenvalue weighted by Gasteiger charge is -2.39. The molecule has 98 valence electrons. The van der Waals surface area contributed by atoms with Crippen molar-refractivity contribution in [2.45, 2.75) is 32.6 Å². The summed E-state index contributed by atoms with van der Waals surface area (Å²) in [5, 5.41) is 9.76. The van der Waals surface area contributed by atoms with E-state index < -0.39 is 11.4 Å². The first-order valence-electron chi connectivity index (χ1n) is 6.60. The van der Waals surface area contributed by atoms with Crippen LogP contribution in [0.2, 0.25) is 0 Å². The van der Waals surface area contributed by atoms with Crippen molar-refractivity contribution in [2.24, 2.45) is 17.3 Å². The molecule has 17 heavy (non-hydrogen) atoms. The SMILES string of the molecule is CCCC(C(=O)O)(C1CCOC1)C1CCOC1. The average molecular weight is 242 g/mol. The largest absolute Gasteiger partial charge is 0.481 e. The Morgan fingerprint density at radius 3 is 2.06 bits per heavy atom. The van der Waals surface area contributed by atoms with Gasteiger partial charge in [0, 0.05) is 25.0 Å². The van der Waals surface area contributed by atoms with Crippen LogP contribution in [0.25, 0.3) is 0 Å². The summed E-state index contributed by atoms with van der Waals surface area (Å²) in [6.45, 7) is 4.67. The van der Waals surface area contributed by atoms with Crippen molar-refractivity contribution in [3.8, 4) is 0 Å². The van der Waals surface area contributed by atoms with Crippen LogP contribution in [-0.4, -0.2) is 37.5 Å². The van der Waals surface area contributed by atoms with Gasteiger partial charge in [-0.1, -0.05) is 13.3 Å². The fourth-order valence-corrected chi connectivity index (χ4v) is 3.49. The molecule has 2 aliphatic rings. The van der Waals surface area contributed by atoms with E-state index in [1.807, 2.05) is 0 Å². The molecule has 0 amide bonds. The van der Waals surface area contributed by atoms with Crippen molar-refractivity contribution >= 4 is 5.97 Å². The molecule has 2 unspecified atom stereocenters. The standard InChI is InChI=1S/C13H22O4/c1-2-5-13(12(14)15,10-3-6-16-8-10)11-4-7-17-9-11/h10-11H,2-9H2,1H3,(H,14,15). The first-order chi connectivity index (χ1) is 8.21. The van der Waals surface area contributed by atoms with E-state index >= 15 is 0 Å². The Kier molecular flexibility index (Phi) is 4.05. The van der Waals surface area contributed by atoms with E-state index in [0.717, 1.165) is 25.7 Å². The highest BCUT2D eigenvalue weighted by molar-refractivity contribution is 5.75. The summed E-state index contributed by atoms with van der Waals surface area (Å²) in [5.41, 5.74) is -0.623. The second kappa shape index (κ2) is 5.36. The van der Waals surface area contributed by atoms with Gasteiger partial charge >= 0.3 is 5.97 Å². The Bertz CT molecular complexity index is 249. The summed E-state index contributed by atoms with van der Waals surface area (Å²) in [7, 11) is 0. The number of hydrogen-bond donors (Lipinski definition) is 1. The fraction of sp³-hybridized carbons (Fsp3) is 0.923. The average Bonchev–Trinajstić information content (AvgIpc) is 2.98. The molecule has 0 radical (unpaired) electrons. The molecule has 0 saturated carbocycles. The van der Waals surface area contributed by atoms with Crippen LogP contribution in [0, 0.1) is 17.3 Å². The number of ether oxygens (including phenoxy) is 2. The predicted molar refractivity (Wildman–Crippen MR) is 62.8 cm³/mol. The Morgan fingerprint density at radius 2 is 1.76 bits per heavy atom. The number of hydrogen-bond acceptors (Lipinski definition) is 3. The predicted octanol–water partition coefficient (Wildman–Crippen LogP) is 1.93. The van der Waals surface area contributed by atoms with Crippen LogP contribution >= 0.6 is 0 Å². The molecule has 0 aliphatic carbocycles. The summed E-state index contributed by atoms with van der Waals surface area (Å²) in [4.78, 5) is 11.9. The molecule has 2 aliphatic heterocycles. The van der Waals surface area contributed by atoms with Crippen molar-refractivity contribution in [3.63, 3.8) is 0 Å². The maximum atomic E-state index is 11.9. The molecule has 2 heterocycles. The number of carboxylic acid groups (broad SMARTS) is 1. The summed E-state index contributed by atoms with van der Waals surface area (Å²) in [5.74, 6) is -0.330. The van der Waals surface area contributed by atoms with Gasteiger partial charge in [0.2, 0.25) is 0 Å². The Hall–Kier alpha value is -0.610. The molecule has 2 atom stereocenters. The van der Waals surface area contributed by atoms with Crippen LogP contribution in [0.4, 0.5) is 0 Å². The van der Waals surface area contributed by atoms with E-state index in [1.54, 1.807) is 0 Å². The maximum absolute atomic E-state index is 11.9. The topological polar surface area (TPSA) is 55.8 Å². The van der Waals surface area contributed by atoms with Gasteiger partial charge < -0.3 is 14.6 Å². The number of carbonyl (C=O) groups is 1. The van der Waals surface area contributed by atoms with Crippen molar-refractivity contribution in [1.29, 1.82) is 0 Å². The lowest BCUT2D eigenvalue weighted by molar-refractivity contribution is -0.158. The highest BCUT2D eigenvalue weighted by Gasteiger charge is 2.52. The molecule has 0 aromatic rings. The minimum atomic E-state index is -0.648. The van der Waals surface area contributed by atoms with Gasteiger partial charge in [-0.25, -0.2) is 0 Å². The maximum Gasteiger partial charge on any atom is 0.310 e. The molecule has 0 bridgehead atoms. The monoisotopic (exact) mass is 242 g/mol. The molecule has 0 spiro atoms. The van der Waals surface area contributed by atoms with Gasteiger partial charge in [-0.15, -0.1) is 0 Å². The molecular weight excluding hydrogens is 220 g/mol. The van der Waals surface area contributed by atoms with Crippen LogP contribution in [0.5, 0.6) is 0 Å². The van der Waals surface area contributed by atoms with E-state index in [9.17, 15) is 9.90 Å². The smallest absolute Gasteiger partial charge is 0.310 e. The quantitative estimate of drug-likeness (QED) is 0.800. The third-order valence-electron chi connectivity index (χ3n) is 4.38. The fourth-order valence-electron chi connectivity index (χ4n) is 3.49. The van der Waals surface area contributed by atoms with Crippen molar-refractivity contribution in [3.05, 3.63) is 0 Å². The van der Waals surface area contributed by atoms with Crippen LogP contribution in [0.1, 0.15) is 32.6 Å². The van der Waals surface area contributed by atoms with Crippen molar-refractivity contribution in [2.75, 3.05) is 26.4 Å². The summed E-state index contributed by atoms with van der Waals surface area (Å²) in [6.07, 6.45) is 3.40. The number of rotatable bonds is 5. The van der Waals surface area contributed by atoms with Gasteiger partial charge in [0.05, 0.1) is 18.6 Å². The molecular formula is C13H22O4. The highest BCUT2D eigenvalue weighted by atomic mass is 16.5. The van der Waals surface area contributed by atoms with Gasteiger partial charge in [0.15, 0.2) is 0 Å². The van der Waals surface area contributed by atoms with Gasteiger partial charge in [0.25, 0.3) is 0 Å². The van der Waals surface area contributed by atoms with Crippen molar-refractivity contribution < 1.29 is 19.4 Å². The van der Waals surface area contributed by atoms with E-state index in [4.69, 9.17) is 9.47 Å². The summed E-state index contributed by atoms with van der Waals surface area (Å²) in [6, 6.07) is 0. The molecule has 0 aromatic heterocycles. The highest BCUT2D eigenvalue weighted by Crippen LogP contribution is 2.47. The second-order valence-corrected chi connectivity index (χ2v) is 5.22. The first-order valence-corrected chi connectivity index (χ1v) is 6.60. The summed E-state index contributed by atoms with van der Waals surface area (Å²) < 4.78 is 10.8. The third-order valence-corrected chi connectivity index (χ3v) is 4.38. The first kappa shape index (κ1) is 12.8. The molecule has 4 heteroatoms. The zero-order valence-electron chi connectivity index (χ0n) is 10.5. The molecule has 2 rings (SSSR count). The summed E-state index contributed by atoms with van der Waals surface area (Å²) >= 11 is 0. The number of aliphatic carboxylic acids is 1. The molecule has 2 fully saturated rings. The van der Waals surface area contributed by atoms with E-state index in [0.29, 0.717) is 26.4 Å². The Morgan fingerprint density at radius 1 is 1.24 bits per heavy atom. The minimum Gasteiger partial charge on any atom is -0.481 e. The van der Waals surface area contributed by atoms with Gasteiger partial charge in [-0.2, -0.15) is 0 Å². The van der Waals surface area contributed by atoms with E-state index in [2.05, 4.69) is 6.92 Å². The lowest BCUT2D eigenvalue weighted by Crippen LogP contribution is -2.46. The van der Waals surface area contributed by atoms with Crippen LogP contribution in [-0.2, 0) is 14.3 Å². The van der Waals surface area contributed by atoms with Gasteiger partial charge in [-0.05, 0) is 19.3 Å². The molecule has 4 nitrogen and oxygen atoms in total. The van der Waals surface area contributed by atoms with E-state index in [1.165, 1.54) is 0 Å². The van der Waals surface area contributed by atoms with E-state index in [-0.39, 0.29) is 11.8 Å². The molecule has 1 N–H and O–H groups in total. The zero-order chi connectivity index (χ0) is 12.3. The van der Waals surface area contributed by atoms with Crippen LogP contribution in [0.3, 0.4) is 0 Å². The molecule has 2 saturated heterocycles. The zero-order valence-corrected chi connectivity index (χ0v) is 10.5. The van der Waals surface area contributed by atoms with Gasteiger partial charge in [0.1, 0.15) is 0 Å². The van der Waals surface area contributed by atoms with Crippen molar-refractivity contribution in [1.82, 2.24) is 0 Å². The third kappa shape index (κ3) is 2.20. The molecule has 0 aromatic carbocycles. The lowest BCUT2D eigenvalue weighted by atomic mass is 9.63. The second-order valence-electron chi connectivity index (χ2n) is 5.22. The van der Waals surface area contributed by atoms with Crippen LogP contribution in [0.15, 0.2) is 0 Å².